The summed E-state index contributed by atoms with van der Waals surface area (Å²) in [4.78, 5) is 26.3. The van der Waals surface area contributed by atoms with Gasteiger partial charge in [-0.15, -0.1) is 0 Å². The Kier molecular flexibility index (Phi) is 4.18. The van der Waals surface area contributed by atoms with Crippen molar-refractivity contribution in [2.45, 2.75) is 0 Å². The fourth-order valence-electron chi connectivity index (χ4n) is 3.60. The van der Waals surface area contributed by atoms with Crippen molar-refractivity contribution in [3.63, 3.8) is 0 Å². The number of rotatable bonds is 2. The molecule has 0 unspecified atom stereocenters. The Morgan fingerprint density at radius 2 is 1.48 bits per heavy atom. The zero-order chi connectivity index (χ0) is 21.7. The molecule has 31 heavy (non-hydrogen) atoms. The van der Waals surface area contributed by atoms with Gasteiger partial charge in [0.25, 0.3) is 0 Å². The third-order valence-electron chi connectivity index (χ3n) is 5.07. The van der Waals surface area contributed by atoms with Crippen molar-refractivity contribution < 1.29 is 22.7 Å². The zero-order valence-electron chi connectivity index (χ0n) is 15.7. The molecule has 0 radical (unpaired) electrons. The Hall–Kier alpha value is -4.26. The van der Waals surface area contributed by atoms with Crippen LogP contribution in [0.4, 0.5) is 8.78 Å². The van der Waals surface area contributed by atoms with E-state index in [4.69, 9.17) is 8.83 Å². The van der Waals surface area contributed by atoms with Crippen LogP contribution in [0.3, 0.4) is 0 Å². The molecule has 152 valence electrons. The van der Waals surface area contributed by atoms with Crippen LogP contribution in [-0.2, 0) is 0 Å². The minimum absolute atomic E-state index is 0.0105. The third-order valence-corrected chi connectivity index (χ3v) is 5.07. The summed E-state index contributed by atoms with van der Waals surface area (Å²) in [6, 6.07) is 12.1. The highest BCUT2D eigenvalue weighted by Gasteiger charge is 2.21. The van der Waals surface area contributed by atoms with Crippen LogP contribution < -0.4 is 10.9 Å². The van der Waals surface area contributed by atoms with Crippen LogP contribution in [0.25, 0.3) is 44.2 Å². The van der Waals surface area contributed by atoms with Gasteiger partial charge in [0.15, 0.2) is 5.58 Å². The predicted octanol–water partition coefficient (Wildman–Crippen LogP) is 5.22. The van der Waals surface area contributed by atoms with E-state index in [0.717, 1.165) is 24.7 Å². The zero-order valence-corrected chi connectivity index (χ0v) is 15.7. The summed E-state index contributed by atoms with van der Waals surface area (Å²) < 4.78 is 38.9. The molecule has 1 N–H and O–H groups in total. The molecule has 0 saturated carbocycles. The van der Waals surface area contributed by atoms with E-state index in [1.54, 1.807) is 6.07 Å². The number of phenols is 1. The van der Waals surface area contributed by atoms with Crippen LogP contribution in [0.1, 0.15) is 0 Å². The monoisotopic (exact) mass is 418 g/mol. The van der Waals surface area contributed by atoms with Gasteiger partial charge >= 0.3 is 0 Å². The molecule has 0 bridgehead atoms. The lowest BCUT2D eigenvalue weighted by Crippen LogP contribution is -2.10. The van der Waals surface area contributed by atoms with Gasteiger partial charge in [-0.2, -0.15) is 0 Å². The Balaban J connectivity index is 1.87. The number of hydrogen-bond acceptors (Lipinski definition) is 5. The fraction of sp³-hybridized carbons (Fsp3) is 0. The van der Waals surface area contributed by atoms with E-state index in [1.165, 1.54) is 36.4 Å². The largest absolute Gasteiger partial charge is 0.507 e. The molecule has 5 nitrogen and oxygen atoms in total. The number of benzene rings is 3. The Labute approximate surface area is 172 Å². The molecule has 0 amide bonds. The first-order chi connectivity index (χ1) is 15.0. The van der Waals surface area contributed by atoms with Gasteiger partial charge in [-0.3, -0.25) is 9.59 Å². The molecule has 5 aromatic rings. The normalized spacial score (nSPS) is 11.3. The lowest BCUT2D eigenvalue weighted by atomic mass is 10.0. The standard InChI is InChI=1S/C24H12F2O5/c25-13-5-3-4-12(8-13)15-10-31-24-20(22(15)28)18(27)9-19-21(24)23(29)16(11-30-19)14-6-1-2-7-17(14)26/h1-11,27H. The second-order valence-electron chi connectivity index (χ2n) is 6.92. The van der Waals surface area contributed by atoms with E-state index in [2.05, 4.69) is 0 Å². The van der Waals surface area contributed by atoms with Crippen molar-refractivity contribution in [2.75, 3.05) is 0 Å². The Morgan fingerprint density at radius 1 is 0.742 bits per heavy atom. The molecule has 0 aliphatic carbocycles. The van der Waals surface area contributed by atoms with Crippen molar-refractivity contribution in [2.24, 2.45) is 0 Å². The highest BCUT2D eigenvalue weighted by atomic mass is 19.1. The minimum atomic E-state index is -0.651. The van der Waals surface area contributed by atoms with Gasteiger partial charge in [0, 0.05) is 11.6 Å². The molecule has 2 heterocycles. The van der Waals surface area contributed by atoms with Gasteiger partial charge in [0.2, 0.25) is 10.9 Å². The van der Waals surface area contributed by atoms with E-state index in [0.29, 0.717) is 0 Å². The van der Waals surface area contributed by atoms with Crippen LogP contribution in [-0.4, -0.2) is 5.11 Å². The number of halogens is 2. The van der Waals surface area contributed by atoms with E-state index >= 15 is 0 Å². The van der Waals surface area contributed by atoms with Crippen LogP contribution in [0.2, 0.25) is 0 Å². The molecule has 0 saturated heterocycles. The maximum Gasteiger partial charge on any atom is 0.204 e. The van der Waals surface area contributed by atoms with Crippen molar-refractivity contribution in [3.8, 4) is 28.0 Å². The molecular weight excluding hydrogens is 406 g/mol. The van der Waals surface area contributed by atoms with Crippen molar-refractivity contribution in [3.05, 3.63) is 99.2 Å². The number of aromatic hydroxyl groups is 1. The summed E-state index contributed by atoms with van der Waals surface area (Å²) in [6.45, 7) is 0. The second kappa shape index (κ2) is 6.91. The first kappa shape index (κ1) is 18.7. The van der Waals surface area contributed by atoms with Gasteiger partial charge in [-0.05, 0) is 23.8 Å². The number of fused-ring (bicyclic) bond motifs is 3. The molecule has 3 aromatic carbocycles. The molecule has 0 aliphatic heterocycles. The number of hydrogen-bond donors (Lipinski definition) is 1. The van der Waals surface area contributed by atoms with Gasteiger partial charge in [-0.25, -0.2) is 8.78 Å². The van der Waals surface area contributed by atoms with Gasteiger partial charge in [0.1, 0.15) is 46.3 Å². The molecule has 0 atom stereocenters. The first-order valence-corrected chi connectivity index (χ1v) is 9.19. The quantitative estimate of drug-likeness (QED) is 0.398. The van der Waals surface area contributed by atoms with E-state index in [-0.39, 0.29) is 44.2 Å². The van der Waals surface area contributed by atoms with Crippen LogP contribution in [0.5, 0.6) is 5.75 Å². The van der Waals surface area contributed by atoms with Crippen molar-refractivity contribution in [1.82, 2.24) is 0 Å². The highest BCUT2D eigenvalue weighted by molar-refractivity contribution is 6.06. The molecule has 0 fully saturated rings. The fourth-order valence-corrected chi connectivity index (χ4v) is 3.60. The molecule has 7 heteroatoms. The SMILES string of the molecule is O=c1c(-c2cccc(F)c2)coc2c1c(O)cc1occ(-c3ccccc3F)c(=O)c12. The molecule has 5 rings (SSSR count). The van der Waals surface area contributed by atoms with Crippen LogP contribution in [0.15, 0.2) is 85.5 Å². The summed E-state index contributed by atoms with van der Waals surface area (Å²) in [5.74, 6) is -1.63. The van der Waals surface area contributed by atoms with E-state index < -0.39 is 28.2 Å². The summed E-state index contributed by atoms with van der Waals surface area (Å²) in [7, 11) is 0. The lowest BCUT2D eigenvalue weighted by Gasteiger charge is -2.08. The highest BCUT2D eigenvalue weighted by Crippen LogP contribution is 2.33. The average molecular weight is 418 g/mol. The minimum Gasteiger partial charge on any atom is -0.507 e. The van der Waals surface area contributed by atoms with Gasteiger partial charge < -0.3 is 13.9 Å². The van der Waals surface area contributed by atoms with Crippen LogP contribution >= 0.6 is 0 Å². The van der Waals surface area contributed by atoms with E-state index in [9.17, 15) is 23.5 Å². The average Bonchev–Trinajstić information content (AvgIpc) is 2.74. The van der Waals surface area contributed by atoms with E-state index in [1.807, 2.05) is 0 Å². The molecule has 2 aromatic heterocycles. The van der Waals surface area contributed by atoms with Crippen molar-refractivity contribution >= 4 is 21.9 Å². The Morgan fingerprint density at radius 3 is 2.26 bits per heavy atom. The molecule has 0 aliphatic rings. The Bertz CT molecular complexity index is 1620. The smallest absolute Gasteiger partial charge is 0.204 e. The topological polar surface area (TPSA) is 80.7 Å². The summed E-state index contributed by atoms with van der Waals surface area (Å²) in [5.41, 5.74) is -1.28. The maximum atomic E-state index is 14.2. The first-order valence-electron chi connectivity index (χ1n) is 9.19. The predicted molar refractivity (Wildman–Crippen MR) is 111 cm³/mol. The lowest BCUT2D eigenvalue weighted by molar-refractivity contribution is 0.478. The summed E-state index contributed by atoms with van der Waals surface area (Å²) in [5, 5.41) is 10.1. The summed E-state index contributed by atoms with van der Waals surface area (Å²) >= 11 is 0. The van der Waals surface area contributed by atoms with Gasteiger partial charge in [0.05, 0.1) is 11.1 Å². The van der Waals surface area contributed by atoms with Gasteiger partial charge in [-0.1, -0.05) is 30.3 Å². The molecular formula is C24H12F2O5. The second-order valence-corrected chi connectivity index (χ2v) is 6.92. The third kappa shape index (κ3) is 2.90. The van der Waals surface area contributed by atoms with Crippen LogP contribution in [0, 0.1) is 11.6 Å². The number of phenolic OH excluding ortho intramolecular Hbond substituents is 1. The summed E-state index contributed by atoms with van der Waals surface area (Å²) in [6.07, 6.45) is 2.18. The maximum absolute atomic E-state index is 14.2. The van der Waals surface area contributed by atoms with Crippen molar-refractivity contribution in [1.29, 1.82) is 0 Å². The molecule has 0 spiro atoms.